The summed E-state index contributed by atoms with van der Waals surface area (Å²) in [6, 6.07) is 6.04. The maximum absolute atomic E-state index is 12.4. The van der Waals surface area contributed by atoms with Crippen LogP contribution in [0.15, 0.2) is 27.6 Å². The monoisotopic (exact) mass is 396 g/mol. The summed E-state index contributed by atoms with van der Waals surface area (Å²) in [5.41, 5.74) is 1.15. The molecule has 3 nitrogen and oxygen atoms in total. The van der Waals surface area contributed by atoms with Crippen molar-refractivity contribution in [2.75, 3.05) is 12.5 Å². The molecule has 0 aliphatic heterocycles. The summed E-state index contributed by atoms with van der Waals surface area (Å²) in [5, 5.41) is 5.90. The van der Waals surface area contributed by atoms with Crippen LogP contribution in [0.5, 0.6) is 0 Å². The average molecular weight is 397 g/mol. The third kappa shape index (κ3) is 5.29. The van der Waals surface area contributed by atoms with E-state index in [1.807, 2.05) is 32.0 Å². The summed E-state index contributed by atoms with van der Waals surface area (Å²) in [5.74, 6) is 0.914. The molecule has 0 saturated carbocycles. The molecule has 0 amide bonds. The zero-order chi connectivity index (χ0) is 15.3. The van der Waals surface area contributed by atoms with E-state index in [1.54, 1.807) is 18.0 Å². The van der Waals surface area contributed by atoms with Crippen molar-refractivity contribution in [3.05, 3.63) is 38.7 Å². The molecule has 0 fully saturated rings. The van der Waals surface area contributed by atoms with Crippen molar-refractivity contribution in [1.82, 2.24) is 9.78 Å². The Bertz CT molecular complexity index is 647. The molecule has 0 N–H and O–H groups in total. The van der Waals surface area contributed by atoms with E-state index in [9.17, 15) is 4.79 Å². The van der Waals surface area contributed by atoms with Crippen molar-refractivity contribution in [3.63, 3.8) is 0 Å². The van der Waals surface area contributed by atoms with Crippen LogP contribution >= 0.6 is 27.7 Å². The first-order chi connectivity index (χ1) is 9.54. The van der Waals surface area contributed by atoms with Crippen LogP contribution in [0.25, 0.3) is 10.8 Å². The molecule has 2 rings (SSSR count). The largest absolute Gasteiger partial charge is 1.00 e. The summed E-state index contributed by atoms with van der Waals surface area (Å²) in [4.78, 5) is 12.4. The van der Waals surface area contributed by atoms with Gasteiger partial charge in [-0.05, 0) is 47.7 Å². The smallest absolute Gasteiger partial charge is 0.796 e. The summed E-state index contributed by atoms with van der Waals surface area (Å²) < 4.78 is 2.25. The van der Waals surface area contributed by atoms with Gasteiger partial charge in [-0.3, -0.25) is 4.79 Å². The van der Waals surface area contributed by atoms with Gasteiger partial charge in [0.05, 0.1) is 11.4 Å². The second-order valence-electron chi connectivity index (χ2n) is 4.45. The van der Waals surface area contributed by atoms with E-state index in [4.69, 9.17) is 0 Å². The minimum Gasteiger partial charge on any atom is -0.796 e. The normalized spacial score (nSPS) is 10.0. The second kappa shape index (κ2) is 10.3. The zero-order valence-corrected chi connectivity index (χ0v) is 18.2. The van der Waals surface area contributed by atoms with Crippen LogP contribution in [0.4, 0.5) is 0 Å². The average Bonchev–Trinajstić information content (AvgIpc) is 2.45. The molecule has 0 spiro atoms. The Hall–Kier alpha value is 0.540. The van der Waals surface area contributed by atoms with Crippen molar-refractivity contribution in [3.8, 4) is 0 Å². The molecule has 1 aromatic heterocycles. The molecular formula is C14H18BrN2NaOS2. The maximum atomic E-state index is 12.4. The van der Waals surface area contributed by atoms with E-state index in [1.165, 1.54) is 10.2 Å². The van der Waals surface area contributed by atoms with Crippen molar-refractivity contribution in [1.29, 1.82) is 0 Å². The number of hydrogen-bond donors (Lipinski definition) is 0. The second-order valence-corrected chi connectivity index (χ2v) is 6.06. The summed E-state index contributed by atoms with van der Waals surface area (Å²) in [6.45, 7) is 3.91. The van der Waals surface area contributed by atoms with Crippen LogP contribution in [0.1, 0.15) is 25.5 Å². The van der Waals surface area contributed by atoms with Crippen LogP contribution in [-0.4, -0.2) is 22.3 Å². The molecular weight excluding hydrogens is 379 g/mol. The van der Waals surface area contributed by atoms with Gasteiger partial charge in [0.2, 0.25) is 0 Å². The van der Waals surface area contributed by atoms with Gasteiger partial charge < -0.3 is 12.6 Å². The summed E-state index contributed by atoms with van der Waals surface area (Å²) in [6.07, 6.45) is 3.64. The SMILES string of the molecule is CSCc1ccc2c(Br)nn(C(C)C)c(=O)c2c1.C[S-].[Na+]. The molecule has 0 bridgehead atoms. The van der Waals surface area contributed by atoms with Crippen LogP contribution in [0, 0.1) is 0 Å². The Morgan fingerprint density at radius 1 is 1.33 bits per heavy atom. The Kier molecular flexibility index (Phi) is 10.6. The van der Waals surface area contributed by atoms with E-state index in [2.05, 4.69) is 39.9 Å². The van der Waals surface area contributed by atoms with E-state index in [-0.39, 0.29) is 41.2 Å². The van der Waals surface area contributed by atoms with Crippen molar-refractivity contribution >= 4 is 51.1 Å². The van der Waals surface area contributed by atoms with Crippen LogP contribution < -0.4 is 35.1 Å². The Balaban J connectivity index is 0.00000128. The van der Waals surface area contributed by atoms with Gasteiger partial charge in [-0.1, -0.05) is 12.1 Å². The van der Waals surface area contributed by atoms with Crippen molar-refractivity contribution in [2.45, 2.75) is 25.6 Å². The van der Waals surface area contributed by atoms with Crippen LogP contribution in [0.3, 0.4) is 0 Å². The minimum absolute atomic E-state index is 0. The first-order valence-corrected chi connectivity index (χ1v) is 9.15. The third-order valence-corrected chi connectivity index (χ3v) is 3.95. The standard InChI is InChI=1S/C13H15BrN2OS.CH4S.Na/c1-8(2)16-13(17)11-6-9(7-18-3)4-5-10(11)12(14)15-16;1-2;/h4-6,8H,7H2,1-3H3;2H,1H3;/q;;+1/p-1. The van der Waals surface area contributed by atoms with E-state index in [0.717, 1.165) is 21.1 Å². The minimum atomic E-state index is -0.0221. The van der Waals surface area contributed by atoms with Gasteiger partial charge in [0.1, 0.15) is 4.60 Å². The van der Waals surface area contributed by atoms with Gasteiger partial charge in [0.15, 0.2) is 0 Å². The summed E-state index contributed by atoms with van der Waals surface area (Å²) in [7, 11) is 0. The number of benzene rings is 1. The quantitative estimate of drug-likeness (QED) is 0.566. The number of fused-ring (bicyclic) bond motifs is 1. The first kappa shape index (κ1) is 21.5. The van der Waals surface area contributed by atoms with Crippen LogP contribution in [-0.2, 0) is 18.4 Å². The number of hydrogen-bond acceptors (Lipinski definition) is 4. The Labute approximate surface area is 166 Å². The van der Waals surface area contributed by atoms with E-state index < -0.39 is 0 Å². The third-order valence-electron chi connectivity index (χ3n) is 2.74. The van der Waals surface area contributed by atoms with Crippen LogP contribution in [0.2, 0.25) is 0 Å². The molecule has 1 aromatic carbocycles. The van der Waals surface area contributed by atoms with Gasteiger partial charge in [0.25, 0.3) is 5.56 Å². The molecule has 0 aliphatic rings. The molecule has 7 heteroatoms. The van der Waals surface area contributed by atoms with Gasteiger partial charge >= 0.3 is 29.6 Å². The van der Waals surface area contributed by atoms with E-state index in [0.29, 0.717) is 0 Å². The molecule has 110 valence electrons. The molecule has 2 aromatic rings. The number of halogens is 1. The number of rotatable bonds is 3. The number of aromatic nitrogens is 2. The number of nitrogens with zero attached hydrogens (tertiary/aromatic N) is 2. The predicted molar refractivity (Wildman–Crippen MR) is 94.6 cm³/mol. The fourth-order valence-corrected chi connectivity index (χ4v) is 2.90. The molecule has 0 unspecified atom stereocenters. The molecule has 21 heavy (non-hydrogen) atoms. The van der Waals surface area contributed by atoms with Crippen molar-refractivity contribution < 1.29 is 29.6 Å². The van der Waals surface area contributed by atoms with Gasteiger partial charge in [-0.25, -0.2) is 4.68 Å². The van der Waals surface area contributed by atoms with Gasteiger partial charge in [-0.2, -0.15) is 23.1 Å². The van der Waals surface area contributed by atoms with Crippen molar-refractivity contribution in [2.24, 2.45) is 0 Å². The molecule has 0 aliphatic carbocycles. The topological polar surface area (TPSA) is 34.9 Å². The molecule has 1 heterocycles. The van der Waals surface area contributed by atoms with Gasteiger partial charge in [-0.15, -0.1) is 0 Å². The molecule has 0 atom stereocenters. The van der Waals surface area contributed by atoms with Gasteiger partial charge in [0, 0.05) is 11.1 Å². The molecule has 0 radical (unpaired) electrons. The fraction of sp³-hybridized carbons (Fsp3) is 0.429. The Morgan fingerprint density at radius 3 is 2.48 bits per heavy atom. The molecule has 0 saturated heterocycles. The Morgan fingerprint density at radius 2 is 1.95 bits per heavy atom. The van der Waals surface area contributed by atoms with E-state index >= 15 is 0 Å². The number of thioether (sulfide) groups is 1. The first-order valence-electron chi connectivity index (χ1n) is 6.15. The maximum Gasteiger partial charge on any atom is 1.00 e. The predicted octanol–water partition coefficient (Wildman–Crippen LogP) is 0.770. The fourth-order valence-electron chi connectivity index (χ4n) is 1.87. The summed E-state index contributed by atoms with van der Waals surface area (Å²) >= 11 is 9.27. The zero-order valence-electron chi connectivity index (χ0n) is 13.0.